The largest absolute Gasteiger partial charge is 0.385 e. The van der Waals surface area contributed by atoms with E-state index in [0.717, 1.165) is 45.6 Å². The molecule has 3 nitrogen and oxygen atoms in total. The number of fused-ring (bicyclic) bond motifs is 1. The van der Waals surface area contributed by atoms with Gasteiger partial charge in [-0.2, -0.15) is 0 Å². The molecule has 3 heteroatoms. The second-order valence-electron chi connectivity index (χ2n) is 8.66. The lowest BCUT2D eigenvalue weighted by Crippen LogP contribution is -2.31. The molecule has 0 amide bonds. The fraction of sp³-hybridized carbons (Fsp3) is 0.600. The standard InChI is InChI=1S/C25H35NO2/c1-27-15-8-16-28-24(17-20-9-7-14-26-19-20)22-11-4-5-12-23(22)25-13-6-2-3-10-21(25)18-25/h3-6,10-13,20-21,24,26H,2,7-9,14-19H2,1H3. The van der Waals surface area contributed by atoms with Gasteiger partial charge in [0.25, 0.3) is 0 Å². The Kier molecular flexibility index (Phi) is 6.66. The van der Waals surface area contributed by atoms with Crippen LogP contribution in [0.15, 0.2) is 48.6 Å². The Bertz CT molecular complexity index is 692. The first-order valence-corrected chi connectivity index (χ1v) is 11.1. The lowest BCUT2D eigenvalue weighted by Gasteiger charge is -2.30. The Balaban J connectivity index is 1.57. The molecule has 1 aliphatic heterocycles. The molecule has 2 aliphatic carbocycles. The zero-order chi connectivity index (χ0) is 19.2. The maximum atomic E-state index is 6.51. The first-order valence-electron chi connectivity index (χ1n) is 11.1. The predicted octanol–water partition coefficient (Wildman–Crippen LogP) is 4.94. The summed E-state index contributed by atoms with van der Waals surface area (Å²) in [5, 5.41) is 3.57. The zero-order valence-electron chi connectivity index (χ0n) is 17.2. The van der Waals surface area contributed by atoms with Crippen LogP contribution in [0.25, 0.3) is 0 Å². The van der Waals surface area contributed by atoms with Crippen LogP contribution in [0.3, 0.4) is 0 Å². The Morgan fingerprint density at radius 2 is 2.14 bits per heavy atom. The molecule has 4 unspecified atom stereocenters. The van der Waals surface area contributed by atoms with Gasteiger partial charge in [-0.05, 0) is 74.6 Å². The maximum absolute atomic E-state index is 6.51. The van der Waals surface area contributed by atoms with Crippen LogP contribution >= 0.6 is 0 Å². The molecule has 4 atom stereocenters. The molecule has 0 aromatic heterocycles. The van der Waals surface area contributed by atoms with Crippen LogP contribution in [0.1, 0.15) is 55.8 Å². The second-order valence-corrected chi connectivity index (χ2v) is 8.66. The molecule has 1 saturated heterocycles. The first-order chi connectivity index (χ1) is 13.8. The van der Waals surface area contributed by atoms with Gasteiger partial charge in [0, 0.05) is 25.7 Å². The lowest BCUT2D eigenvalue weighted by atomic mass is 9.83. The molecule has 1 aromatic rings. The van der Waals surface area contributed by atoms with E-state index < -0.39 is 0 Å². The minimum absolute atomic E-state index is 0.175. The molecular weight excluding hydrogens is 346 g/mol. The van der Waals surface area contributed by atoms with E-state index in [4.69, 9.17) is 9.47 Å². The highest BCUT2D eigenvalue weighted by Gasteiger charge is 2.53. The molecule has 28 heavy (non-hydrogen) atoms. The third-order valence-electron chi connectivity index (χ3n) is 6.68. The van der Waals surface area contributed by atoms with Crippen molar-refractivity contribution in [3.05, 3.63) is 59.7 Å². The summed E-state index contributed by atoms with van der Waals surface area (Å²) in [5.74, 6) is 1.35. The number of hydrogen-bond acceptors (Lipinski definition) is 3. The predicted molar refractivity (Wildman–Crippen MR) is 115 cm³/mol. The topological polar surface area (TPSA) is 30.5 Å². The highest BCUT2D eigenvalue weighted by atomic mass is 16.5. The number of rotatable bonds is 9. The van der Waals surface area contributed by atoms with Crippen molar-refractivity contribution in [2.24, 2.45) is 11.8 Å². The van der Waals surface area contributed by atoms with E-state index in [1.54, 1.807) is 7.11 Å². The van der Waals surface area contributed by atoms with Crippen LogP contribution in [-0.4, -0.2) is 33.4 Å². The summed E-state index contributed by atoms with van der Waals surface area (Å²) in [5.41, 5.74) is 3.10. The summed E-state index contributed by atoms with van der Waals surface area (Å²) >= 11 is 0. The molecule has 0 radical (unpaired) electrons. The third kappa shape index (κ3) is 4.42. The monoisotopic (exact) mass is 381 g/mol. The third-order valence-corrected chi connectivity index (χ3v) is 6.68. The van der Waals surface area contributed by atoms with Crippen molar-refractivity contribution in [1.82, 2.24) is 5.32 Å². The maximum Gasteiger partial charge on any atom is 0.0831 e. The number of piperidine rings is 1. The van der Waals surface area contributed by atoms with E-state index in [-0.39, 0.29) is 11.5 Å². The van der Waals surface area contributed by atoms with Gasteiger partial charge >= 0.3 is 0 Å². The molecule has 1 N–H and O–H groups in total. The SMILES string of the molecule is COCCCOC(CC1CCCNC1)c1ccccc1C12C=CCC=CC1C2. The van der Waals surface area contributed by atoms with Gasteiger partial charge in [0.05, 0.1) is 6.10 Å². The van der Waals surface area contributed by atoms with Crippen LogP contribution in [0.2, 0.25) is 0 Å². The quantitative estimate of drug-likeness (QED) is 0.485. The molecule has 3 aliphatic rings. The van der Waals surface area contributed by atoms with Crippen LogP contribution in [0.4, 0.5) is 0 Å². The van der Waals surface area contributed by atoms with E-state index in [1.807, 2.05) is 0 Å². The molecule has 1 heterocycles. The van der Waals surface area contributed by atoms with Crippen LogP contribution in [-0.2, 0) is 14.9 Å². The summed E-state index contributed by atoms with van der Waals surface area (Å²) in [6, 6.07) is 9.06. The molecule has 152 valence electrons. The zero-order valence-corrected chi connectivity index (χ0v) is 17.2. The van der Waals surface area contributed by atoms with Crippen molar-refractivity contribution >= 4 is 0 Å². The molecule has 1 saturated carbocycles. The van der Waals surface area contributed by atoms with Crippen molar-refractivity contribution in [2.45, 2.75) is 50.0 Å². The molecular formula is C25H35NO2. The normalized spacial score (nSPS) is 29.9. The van der Waals surface area contributed by atoms with Gasteiger partial charge in [-0.15, -0.1) is 0 Å². The number of ether oxygens (including phenoxy) is 2. The van der Waals surface area contributed by atoms with Crippen molar-refractivity contribution in [1.29, 1.82) is 0 Å². The first kappa shape index (κ1) is 19.9. The van der Waals surface area contributed by atoms with Crippen LogP contribution in [0, 0.1) is 11.8 Å². The Morgan fingerprint density at radius 1 is 1.21 bits per heavy atom. The minimum Gasteiger partial charge on any atom is -0.385 e. The van der Waals surface area contributed by atoms with Gasteiger partial charge in [-0.3, -0.25) is 0 Å². The highest BCUT2D eigenvalue weighted by Crippen LogP contribution is 2.58. The van der Waals surface area contributed by atoms with Crippen molar-refractivity contribution in [3.8, 4) is 0 Å². The summed E-state index contributed by atoms with van der Waals surface area (Å²) in [7, 11) is 1.76. The van der Waals surface area contributed by atoms with Crippen molar-refractivity contribution in [3.63, 3.8) is 0 Å². The number of methoxy groups -OCH3 is 1. The number of hydrogen-bond donors (Lipinski definition) is 1. The van der Waals surface area contributed by atoms with Gasteiger partial charge in [0.1, 0.15) is 0 Å². The van der Waals surface area contributed by atoms with Crippen LogP contribution in [0.5, 0.6) is 0 Å². The Hall–Kier alpha value is -1.42. The minimum atomic E-state index is 0.175. The van der Waals surface area contributed by atoms with Gasteiger partial charge < -0.3 is 14.8 Å². The van der Waals surface area contributed by atoms with E-state index in [1.165, 1.54) is 30.4 Å². The van der Waals surface area contributed by atoms with Crippen molar-refractivity contribution in [2.75, 3.05) is 33.4 Å². The van der Waals surface area contributed by atoms with E-state index in [0.29, 0.717) is 11.8 Å². The summed E-state index contributed by atoms with van der Waals surface area (Å²) in [6.45, 7) is 3.81. The van der Waals surface area contributed by atoms with Gasteiger partial charge in [0.2, 0.25) is 0 Å². The summed E-state index contributed by atoms with van der Waals surface area (Å²) in [6.07, 6.45) is 16.7. The van der Waals surface area contributed by atoms with Crippen LogP contribution < -0.4 is 5.32 Å². The van der Waals surface area contributed by atoms with Gasteiger partial charge in [-0.25, -0.2) is 0 Å². The number of benzene rings is 1. The highest BCUT2D eigenvalue weighted by molar-refractivity contribution is 5.48. The second kappa shape index (κ2) is 9.39. The molecule has 0 bridgehead atoms. The average molecular weight is 382 g/mol. The Labute approximate surface area is 170 Å². The van der Waals surface area contributed by atoms with E-state index >= 15 is 0 Å². The molecule has 4 rings (SSSR count). The average Bonchev–Trinajstić information content (AvgIpc) is 3.47. The summed E-state index contributed by atoms with van der Waals surface area (Å²) in [4.78, 5) is 0. The molecule has 2 fully saturated rings. The van der Waals surface area contributed by atoms with Crippen molar-refractivity contribution < 1.29 is 9.47 Å². The Morgan fingerprint density at radius 3 is 3.00 bits per heavy atom. The molecule has 0 spiro atoms. The summed E-state index contributed by atoms with van der Waals surface area (Å²) < 4.78 is 11.7. The van der Waals surface area contributed by atoms with E-state index in [2.05, 4.69) is 53.9 Å². The number of allylic oxidation sites excluding steroid dienone is 4. The molecule has 1 aromatic carbocycles. The van der Waals surface area contributed by atoms with Gasteiger partial charge in [0.15, 0.2) is 0 Å². The fourth-order valence-corrected chi connectivity index (χ4v) is 5.08. The smallest absolute Gasteiger partial charge is 0.0831 e. The number of nitrogens with one attached hydrogen (secondary N) is 1. The van der Waals surface area contributed by atoms with Gasteiger partial charge in [-0.1, -0.05) is 48.6 Å². The lowest BCUT2D eigenvalue weighted by molar-refractivity contribution is 0.0207. The van der Waals surface area contributed by atoms with E-state index in [9.17, 15) is 0 Å². The fourth-order valence-electron chi connectivity index (χ4n) is 5.08.